The molecule has 106 valence electrons. The minimum atomic E-state index is 0.0933. The second-order valence-electron chi connectivity index (χ2n) is 5.16. The number of carbonyl (C=O) groups is 1. The number of hydrogen-bond donors (Lipinski definition) is 0. The molecule has 1 fully saturated rings. The lowest BCUT2D eigenvalue weighted by Gasteiger charge is -2.31. The van der Waals surface area contributed by atoms with Gasteiger partial charge in [-0.25, -0.2) is 0 Å². The van der Waals surface area contributed by atoms with Crippen LogP contribution < -0.4 is 0 Å². The number of carbonyl (C=O) groups excluding carboxylic acids is 1. The Kier molecular flexibility index (Phi) is 3.93. The highest BCUT2D eigenvalue weighted by molar-refractivity contribution is 7.00. The summed E-state index contributed by atoms with van der Waals surface area (Å²) in [5, 5.41) is 0. The number of methoxy groups -OCH3 is 1. The van der Waals surface area contributed by atoms with Crippen LogP contribution in [-0.2, 0) is 4.74 Å². The molecule has 0 bridgehead atoms. The Morgan fingerprint density at radius 1 is 1.35 bits per heavy atom. The first-order valence-electron chi connectivity index (χ1n) is 6.78. The quantitative estimate of drug-likeness (QED) is 0.870. The fourth-order valence-electron chi connectivity index (χ4n) is 2.64. The topological polar surface area (TPSA) is 55.3 Å². The van der Waals surface area contributed by atoms with E-state index >= 15 is 0 Å². The summed E-state index contributed by atoms with van der Waals surface area (Å²) in [6, 6.07) is 5.54. The Morgan fingerprint density at radius 2 is 2.10 bits per heavy atom. The van der Waals surface area contributed by atoms with Crippen molar-refractivity contribution in [1.29, 1.82) is 0 Å². The number of piperidine rings is 1. The van der Waals surface area contributed by atoms with E-state index in [1.54, 1.807) is 7.11 Å². The largest absolute Gasteiger partial charge is 0.384 e. The molecule has 1 aromatic carbocycles. The highest BCUT2D eigenvalue weighted by Gasteiger charge is 2.23. The van der Waals surface area contributed by atoms with Gasteiger partial charge < -0.3 is 9.64 Å². The van der Waals surface area contributed by atoms with E-state index in [4.69, 9.17) is 4.74 Å². The van der Waals surface area contributed by atoms with E-state index in [2.05, 4.69) is 8.75 Å². The van der Waals surface area contributed by atoms with Crippen LogP contribution in [0.5, 0.6) is 0 Å². The molecule has 1 aromatic heterocycles. The van der Waals surface area contributed by atoms with Gasteiger partial charge in [0.25, 0.3) is 5.91 Å². The molecule has 0 aliphatic carbocycles. The first kappa shape index (κ1) is 13.5. The third-order valence-corrected chi connectivity index (χ3v) is 4.36. The zero-order valence-corrected chi connectivity index (χ0v) is 12.2. The predicted octanol–water partition coefficient (Wildman–Crippen LogP) is 2.19. The van der Waals surface area contributed by atoms with Gasteiger partial charge in [0.2, 0.25) is 0 Å². The second kappa shape index (κ2) is 5.85. The fraction of sp³-hybridized carbons (Fsp3) is 0.500. The highest BCUT2D eigenvalue weighted by Crippen LogP contribution is 2.20. The van der Waals surface area contributed by atoms with Gasteiger partial charge in [-0.3, -0.25) is 4.79 Å². The van der Waals surface area contributed by atoms with Crippen LogP contribution in [0.4, 0.5) is 0 Å². The smallest absolute Gasteiger partial charge is 0.253 e. The van der Waals surface area contributed by atoms with Gasteiger partial charge in [-0.15, -0.1) is 0 Å². The van der Waals surface area contributed by atoms with Crippen molar-refractivity contribution in [1.82, 2.24) is 13.6 Å². The molecule has 0 N–H and O–H groups in total. The molecule has 20 heavy (non-hydrogen) atoms. The van der Waals surface area contributed by atoms with Gasteiger partial charge in [-0.05, 0) is 37.0 Å². The van der Waals surface area contributed by atoms with E-state index in [9.17, 15) is 4.79 Å². The van der Waals surface area contributed by atoms with E-state index in [0.29, 0.717) is 11.5 Å². The average molecular weight is 291 g/mol. The van der Waals surface area contributed by atoms with E-state index in [1.807, 2.05) is 23.1 Å². The van der Waals surface area contributed by atoms with Crippen molar-refractivity contribution in [2.75, 3.05) is 26.8 Å². The lowest BCUT2D eigenvalue weighted by molar-refractivity contribution is 0.0613. The van der Waals surface area contributed by atoms with E-state index < -0.39 is 0 Å². The lowest BCUT2D eigenvalue weighted by Crippen LogP contribution is -2.39. The fourth-order valence-corrected chi connectivity index (χ4v) is 3.15. The number of likely N-dealkylation sites (tertiary alicyclic amines) is 1. The van der Waals surface area contributed by atoms with Crippen molar-refractivity contribution < 1.29 is 9.53 Å². The molecule has 2 aromatic rings. The molecule has 3 rings (SSSR count). The zero-order chi connectivity index (χ0) is 13.9. The van der Waals surface area contributed by atoms with Crippen LogP contribution in [0.2, 0.25) is 0 Å². The number of rotatable bonds is 3. The molecular weight excluding hydrogens is 274 g/mol. The molecule has 1 aliphatic heterocycles. The Morgan fingerprint density at radius 3 is 2.85 bits per heavy atom. The van der Waals surface area contributed by atoms with Crippen LogP contribution in [0.3, 0.4) is 0 Å². The highest BCUT2D eigenvalue weighted by atomic mass is 32.1. The molecule has 1 amide bonds. The molecule has 0 saturated carbocycles. The zero-order valence-electron chi connectivity index (χ0n) is 11.4. The molecule has 6 heteroatoms. The van der Waals surface area contributed by atoms with Gasteiger partial charge >= 0.3 is 0 Å². The summed E-state index contributed by atoms with van der Waals surface area (Å²) in [5.74, 6) is 0.671. The maximum Gasteiger partial charge on any atom is 0.253 e. The number of amides is 1. The average Bonchev–Trinajstić information content (AvgIpc) is 2.95. The standard InChI is InChI=1S/C14H17N3O2S/c1-19-9-10-4-6-17(7-5-10)14(18)11-2-3-12-13(8-11)16-20-15-12/h2-3,8,10H,4-7,9H2,1H3. The summed E-state index contributed by atoms with van der Waals surface area (Å²) in [7, 11) is 1.73. The van der Waals surface area contributed by atoms with Gasteiger partial charge in [-0.2, -0.15) is 8.75 Å². The van der Waals surface area contributed by atoms with Gasteiger partial charge in [-0.1, -0.05) is 0 Å². The van der Waals surface area contributed by atoms with Crippen molar-refractivity contribution in [2.45, 2.75) is 12.8 Å². The number of hydrogen-bond acceptors (Lipinski definition) is 5. The van der Waals surface area contributed by atoms with Gasteiger partial charge in [0.1, 0.15) is 11.0 Å². The molecule has 0 radical (unpaired) electrons. The van der Waals surface area contributed by atoms with Crippen LogP contribution in [0.15, 0.2) is 18.2 Å². The SMILES string of the molecule is COCC1CCN(C(=O)c2ccc3nsnc3c2)CC1. The summed E-state index contributed by atoms with van der Waals surface area (Å²) in [4.78, 5) is 14.4. The first-order chi connectivity index (χ1) is 9.78. The van der Waals surface area contributed by atoms with E-state index in [-0.39, 0.29) is 5.91 Å². The number of aromatic nitrogens is 2. The summed E-state index contributed by atoms with van der Waals surface area (Å²) in [6.45, 7) is 2.40. The van der Waals surface area contributed by atoms with E-state index in [1.165, 1.54) is 11.7 Å². The van der Waals surface area contributed by atoms with Crippen molar-refractivity contribution in [2.24, 2.45) is 5.92 Å². The number of fused-ring (bicyclic) bond motifs is 1. The maximum atomic E-state index is 12.5. The molecule has 5 nitrogen and oxygen atoms in total. The summed E-state index contributed by atoms with van der Waals surface area (Å²) in [6.07, 6.45) is 2.03. The van der Waals surface area contributed by atoms with Crippen molar-refractivity contribution in [3.8, 4) is 0 Å². The predicted molar refractivity (Wildman–Crippen MR) is 77.9 cm³/mol. The van der Waals surface area contributed by atoms with Gasteiger partial charge in [0.15, 0.2) is 0 Å². The maximum absolute atomic E-state index is 12.5. The summed E-state index contributed by atoms with van der Waals surface area (Å²) >= 11 is 1.18. The van der Waals surface area contributed by atoms with Crippen LogP contribution in [0, 0.1) is 5.92 Å². The molecule has 1 saturated heterocycles. The molecule has 1 aliphatic rings. The van der Waals surface area contributed by atoms with Crippen molar-refractivity contribution in [3.05, 3.63) is 23.8 Å². The van der Waals surface area contributed by atoms with Crippen molar-refractivity contribution >= 4 is 28.7 Å². The van der Waals surface area contributed by atoms with Gasteiger partial charge in [0.05, 0.1) is 11.7 Å². The number of nitrogens with zero attached hydrogens (tertiary/aromatic N) is 3. The molecule has 0 spiro atoms. The third kappa shape index (κ3) is 2.66. The number of benzene rings is 1. The number of ether oxygens (including phenoxy) is 1. The minimum absolute atomic E-state index is 0.0933. The Hall–Kier alpha value is -1.53. The Labute approximate surface area is 121 Å². The minimum Gasteiger partial charge on any atom is -0.384 e. The Bertz CT molecular complexity index is 605. The van der Waals surface area contributed by atoms with Crippen LogP contribution in [-0.4, -0.2) is 46.4 Å². The monoisotopic (exact) mass is 291 g/mol. The summed E-state index contributed by atoms with van der Waals surface area (Å²) < 4.78 is 13.5. The third-order valence-electron chi connectivity index (χ3n) is 3.80. The molecule has 0 atom stereocenters. The molecular formula is C14H17N3O2S. The van der Waals surface area contributed by atoms with Crippen molar-refractivity contribution in [3.63, 3.8) is 0 Å². The molecule has 2 heterocycles. The van der Waals surface area contributed by atoms with Crippen LogP contribution in [0.25, 0.3) is 11.0 Å². The Balaban J connectivity index is 1.69. The van der Waals surface area contributed by atoms with E-state index in [0.717, 1.165) is 43.6 Å². The van der Waals surface area contributed by atoms with Gasteiger partial charge in [0, 0.05) is 32.4 Å². The first-order valence-corrected chi connectivity index (χ1v) is 7.51. The second-order valence-corrected chi connectivity index (χ2v) is 5.69. The summed E-state index contributed by atoms with van der Waals surface area (Å²) in [5.41, 5.74) is 2.36. The lowest BCUT2D eigenvalue weighted by atomic mass is 9.97. The van der Waals surface area contributed by atoms with Crippen LogP contribution >= 0.6 is 11.7 Å². The normalized spacial score (nSPS) is 16.8. The molecule has 0 unspecified atom stereocenters. The van der Waals surface area contributed by atoms with Crippen LogP contribution in [0.1, 0.15) is 23.2 Å².